The molecular formula is C15H19NO5. The van der Waals surface area contributed by atoms with Crippen LogP contribution in [-0.4, -0.2) is 52.8 Å². The molecule has 2 rings (SSSR count). The van der Waals surface area contributed by atoms with Crippen LogP contribution in [0.1, 0.15) is 22.8 Å². The number of amides is 1. The number of aryl methyl sites for hydroxylation is 1. The van der Waals surface area contributed by atoms with Crippen LogP contribution in [0.4, 0.5) is 0 Å². The maximum absolute atomic E-state index is 12.6. The molecule has 0 radical (unpaired) electrons. The van der Waals surface area contributed by atoms with Crippen LogP contribution in [-0.2, 0) is 9.53 Å². The summed E-state index contributed by atoms with van der Waals surface area (Å²) in [5, 5.41) is 18.9. The lowest BCUT2D eigenvalue weighted by Gasteiger charge is -2.29. The van der Waals surface area contributed by atoms with Crippen molar-refractivity contribution >= 4 is 11.9 Å². The summed E-state index contributed by atoms with van der Waals surface area (Å²) in [6.07, 6.45) is 0. The molecule has 1 fully saturated rings. The van der Waals surface area contributed by atoms with Crippen molar-refractivity contribution in [3.8, 4) is 5.75 Å². The van der Waals surface area contributed by atoms with E-state index in [4.69, 9.17) is 4.74 Å². The Balaban J connectivity index is 2.26. The summed E-state index contributed by atoms with van der Waals surface area (Å²) in [6.45, 7) is 4.25. The average Bonchev–Trinajstić information content (AvgIpc) is 2.92. The fourth-order valence-electron chi connectivity index (χ4n) is 2.52. The van der Waals surface area contributed by atoms with E-state index in [2.05, 4.69) is 0 Å². The zero-order chi connectivity index (χ0) is 15.6. The van der Waals surface area contributed by atoms with Crippen molar-refractivity contribution in [1.29, 1.82) is 0 Å². The van der Waals surface area contributed by atoms with Crippen molar-refractivity contribution in [2.75, 3.05) is 19.8 Å². The zero-order valence-electron chi connectivity index (χ0n) is 12.1. The van der Waals surface area contributed by atoms with Crippen LogP contribution in [0.5, 0.6) is 5.75 Å². The molecule has 6 nitrogen and oxygen atoms in total. The summed E-state index contributed by atoms with van der Waals surface area (Å²) in [6, 6.07) is 4.22. The number of aromatic hydroxyl groups is 1. The number of likely N-dealkylation sites (N-methyl/N-ethyl adjacent to an activating group) is 1. The monoisotopic (exact) mass is 293 g/mol. The molecule has 2 unspecified atom stereocenters. The van der Waals surface area contributed by atoms with E-state index >= 15 is 0 Å². The third-order valence-electron chi connectivity index (χ3n) is 3.83. The number of carbonyl (C=O) groups is 2. The Morgan fingerprint density at radius 3 is 2.67 bits per heavy atom. The molecule has 1 aliphatic heterocycles. The third kappa shape index (κ3) is 3.00. The van der Waals surface area contributed by atoms with E-state index in [1.54, 1.807) is 26.0 Å². The number of carbonyl (C=O) groups excluding carboxylic acids is 1. The van der Waals surface area contributed by atoms with E-state index in [1.807, 2.05) is 0 Å². The Kier molecular flexibility index (Phi) is 4.47. The third-order valence-corrected chi connectivity index (χ3v) is 3.83. The lowest BCUT2D eigenvalue weighted by Crippen LogP contribution is -2.46. The number of benzene rings is 1. The molecule has 6 heteroatoms. The predicted molar refractivity (Wildman–Crippen MR) is 75.3 cm³/mol. The van der Waals surface area contributed by atoms with Crippen molar-refractivity contribution < 1.29 is 24.5 Å². The number of aliphatic carboxylic acids is 1. The highest BCUT2D eigenvalue weighted by atomic mass is 16.5. The molecule has 1 aliphatic rings. The number of carboxylic acid groups (broad SMARTS) is 1. The van der Waals surface area contributed by atoms with Gasteiger partial charge in [0.2, 0.25) is 0 Å². The van der Waals surface area contributed by atoms with Crippen LogP contribution in [0.3, 0.4) is 0 Å². The van der Waals surface area contributed by atoms with Crippen LogP contribution in [0.25, 0.3) is 0 Å². The van der Waals surface area contributed by atoms with Crippen LogP contribution >= 0.6 is 0 Å². The molecule has 0 saturated carbocycles. The number of ether oxygens (including phenoxy) is 1. The van der Waals surface area contributed by atoms with E-state index in [1.165, 1.54) is 11.0 Å². The van der Waals surface area contributed by atoms with Crippen molar-refractivity contribution in [2.45, 2.75) is 19.9 Å². The van der Waals surface area contributed by atoms with Crippen molar-refractivity contribution in [1.82, 2.24) is 4.90 Å². The minimum absolute atomic E-state index is 0.0503. The highest BCUT2D eigenvalue weighted by Crippen LogP contribution is 2.24. The number of nitrogens with zero attached hydrogens (tertiary/aromatic N) is 1. The molecule has 2 atom stereocenters. The summed E-state index contributed by atoms with van der Waals surface area (Å²) >= 11 is 0. The number of rotatable bonds is 4. The molecule has 1 aromatic carbocycles. The molecule has 21 heavy (non-hydrogen) atoms. The van der Waals surface area contributed by atoms with Gasteiger partial charge in [-0.2, -0.15) is 0 Å². The average molecular weight is 293 g/mol. The Bertz CT molecular complexity index is 557. The van der Waals surface area contributed by atoms with Crippen LogP contribution in [0.2, 0.25) is 0 Å². The number of phenolic OH excluding ortho intramolecular Hbond substituents is 1. The maximum Gasteiger partial charge on any atom is 0.311 e. The van der Waals surface area contributed by atoms with Gasteiger partial charge in [-0.15, -0.1) is 0 Å². The van der Waals surface area contributed by atoms with E-state index in [0.717, 1.165) is 0 Å². The highest BCUT2D eigenvalue weighted by molar-refractivity contribution is 5.95. The van der Waals surface area contributed by atoms with Crippen LogP contribution in [0.15, 0.2) is 18.2 Å². The minimum Gasteiger partial charge on any atom is -0.508 e. The van der Waals surface area contributed by atoms with Crippen LogP contribution < -0.4 is 0 Å². The first-order chi connectivity index (χ1) is 9.95. The quantitative estimate of drug-likeness (QED) is 0.872. The molecule has 1 heterocycles. The number of hydrogen-bond acceptors (Lipinski definition) is 4. The Morgan fingerprint density at radius 1 is 1.38 bits per heavy atom. The van der Waals surface area contributed by atoms with E-state index in [9.17, 15) is 19.8 Å². The lowest BCUT2D eigenvalue weighted by atomic mass is 10.0. The number of hydrogen-bond donors (Lipinski definition) is 2. The molecular weight excluding hydrogens is 274 g/mol. The normalized spacial score (nSPS) is 21.2. The van der Waals surface area contributed by atoms with Gasteiger partial charge in [0.05, 0.1) is 19.3 Å². The van der Waals surface area contributed by atoms with Crippen molar-refractivity contribution in [3.63, 3.8) is 0 Å². The SMILES string of the molecule is CCN(C(=O)c1ccc(C)c(O)c1)C1COCC1C(=O)O. The summed E-state index contributed by atoms with van der Waals surface area (Å²) < 4.78 is 5.22. The molecule has 0 aliphatic carbocycles. The summed E-state index contributed by atoms with van der Waals surface area (Å²) in [7, 11) is 0. The van der Waals surface area contributed by atoms with Crippen molar-refractivity contribution in [3.05, 3.63) is 29.3 Å². The van der Waals surface area contributed by atoms with Gasteiger partial charge in [0, 0.05) is 12.1 Å². The van der Waals surface area contributed by atoms with Gasteiger partial charge < -0.3 is 19.8 Å². The topological polar surface area (TPSA) is 87.1 Å². The van der Waals surface area contributed by atoms with E-state index < -0.39 is 17.9 Å². The Hall–Kier alpha value is -2.08. The maximum atomic E-state index is 12.6. The molecule has 0 aromatic heterocycles. The van der Waals surface area contributed by atoms with Gasteiger partial charge in [0.1, 0.15) is 11.7 Å². The highest BCUT2D eigenvalue weighted by Gasteiger charge is 2.39. The molecule has 0 spiro atoms. The first kappa shape index (κ1) is 15.3. The number of phenols is 1. The first-order valence-corrected chi connectivity index (χ1v) is 6.86. The molecule has 1 saturated heterocycles. The van der Waals surface area contributed by atoms with Gasteiger partial charge in [-0.05, 0) is 31.5 Å². The largest absolute Gasteiger partial charge is 0.508 e. The first-order valence-electron chi connectivity index (χ1n) is 6.86. The predicted octanol–water partition coefficient (Wildman–Crippen LogP) is 1.26. The molecule has 1 aromatic rings. The van der Waals surface area contributed by atoms with Crippen LogP contribution in [0, 0.1) is 12.8 Å². The van der Waals surface area contributed by atoms with Gasteiger partial charge in [-0.3, -0.25) is 9.59 Å². The molecule has 1 amide bonds. The molecule has 2 N–H and O–H groups in total. The van der Waals surface area contributed by atoms with Gasteiger partial charge in [-0.1, -0.05) is 6.07 Å². The summed E-state index contributed by atoms with van der Waals surface area (Å²) in [4.78, 5) is 25.3. The summed E-state index contributed by atoms with van der Waals surface area (Å²) in [5.74, 6) is -1.92. The molecule has 114 valence electrons. The fourth-order valence-corrected chi connectivity index (χ4v) is 2.52. The second-order valence-electron chi connectivity index (χ2n) is 5.14. The lowest BCUT2D eigenvalue weighted by molar-refractivity contribution is -0.142. The number of carboxylic acids is 1. The van der Waals surface area contributed by atoms with E-state index in [-0.39, 0.29) is 24.9 Å². The van der Waals surface area contributed by atoms with Crippen molar-refractivity contribution in [2.24, 2.45) is 5.92 Å². The van der Waals surface area contributed by atoms with Gasteiger partial charge in [-0.25, -0.2) is 0 Å². The standard InChI is InChI=1S/C15H19NO5/c1-3-16(12-8-21-7-11(12)15(19)20)14(18)10-5-4-9(2)13(17)6-10/h4-6,11-12,17H,3,7-8H2,1-2H3,(H,19,20). The zero-order valence-corrected chi connectivity index (χ0v) is 12.1. The second kappa shape index (κ2) is 6.13. The molecule has 0 bridgehead atoms. The fraction of sp³-hybridized carbons (Fsp3) is 0.467. The Morgan fingerprint density at radius 2 is 2.10 bits per heavy atom. The second-order valence-corrected chi connectivity index (χ2v) is 5.14. The van der Waals surface area contributed by atoms with Gasteiger partial charge in [0.15, 0.2) is 0 Å². The van der Waals surface area contributed by atoms with Gasteiger partial charge in [0.25, 0.3) is 5.91 Å². The summed E-state index contributed by atoms with van der Waals surface area (Å²) in [5.41, 5.74) is 1.03. The van der Waals surface area contributed by atoms with Gasteiger partial charge >= 0.3 is 5.97 Å². The van der Waals surface area contributed by atoms with E-state index in [0.29, 0.717) is 17.7 Å². The minimum atomic E-state index is -0.962. The smallest absolute Gasteiger partial charge is 0.311 e. The Labute approximate surface area is 122 Å².